The van der Waals surface area contributed by atoms with Crippen LogP contribution >= 0.6 is 22.9 Å². The van der Waals surface area contributed by atoms with E-state index < -0.39 is 27.7 Å². The fraction of sp³-hybridized carbons (Fsp3) is 0.333. The number of thiophene rings is 1. The molecular formula is C15H15ClF2N2O2S2. The fourth-order valence-electron chi connectivity index (χ4n) is 2.82. The maximum atomic E-state index is 13.5. The molecule has 9 heteroatoms. The van der Waals surface area contributed by atoms with E-state index in [0.29, 0.717) is 29.4 Å². The second-order valence-electron chi connectivity index (χ2n) is 5.56. The van der Waals surface area contributed by atoms with Crippen molar-refractivity contribution in [2.45, 2.75) is 22.6 Å². The predicted octanol–water partition coefficient (Wildman–Crippen LogP) is 3.10. The Morgan fingerprint density at radius 1 is 1.21 bits per heavy atom. The molecule has 2 N–H and O–H groups in total. The molecule has 2 heterocycles. The number of hydrogen-bond donors (Lipinski definition) is 2. The molecule has 0 spiro atoms. The number of sulfonamides is 1. The zero-order valence-corrected chi connectivity index (χ0v) is 14.8. The molecule has 0 radical (unpaired) electrons. The van der Waals surface area contributed by atoms with E-state index >= 15 is 0 Å². The lowest BCUT2D eigenvalue weighted by Gasteiger charge is -2.32. The van der Waals surface area contributed by atoms with Crippen LogP contribution in [0.15, 0.2) is 34.5 Å². The van der Waals surface area contributed by atoms with Crippen LogP contribution in [0.25, 0.3) is 0 Å². The van der Waals surface area contributed by atoms with Crippen molar-refractivity contribution in [1.82, 2.24) is 10.0 Å². The number of piperidine rings is 1. The average Bonchev–Trinajstić information content (AvgIpc) is 2.98. The summed E-state index contributed by atoms with van der Waals surface area (Å²) >= 11 is 6.77. The second-order valence-corrected chi connectivity index (χ2v) is 9.22. The molecule has 1 aromatic carbocycles. The Hall–Kier alpha value is -1.06. The minimum Gasteiger partial charge on any atom is -0.315 e. The van der Waals surface area contributed by atoms with Gasteiger partial charge < -0.3 is 5.32 Å². The molecule has 2 aromatic rings. The number of rotatable bonds is 4. The molecule has 1 aliphatic heterocycles. The minimum atomic E-state index is -3.72. The van der Waals surface area contributed by atoms with Crippen LogP contribution in [0.3, 0.4) is 0 Å². The Morgan fingerprint density at radius 2 is 2.00 bits per heavy atom. The molecule has 0 aliphatic carbocycles. The van der Waals surface area contributed by atoms with Gasteiger partial charge >= 0.3 is 0 Å². The molecule has 24 heavy (non-hydrogen) atoms. The van der Waals surface area contributed by atoms with Gasteiger partial charge in [-0.15, -0.1) is 11.3 Å². The van der Waals surface area contributed by atoms with E-state index in [-0.39, 0.29) is 10.1 Å². The quantitative estimate of drug-likeness (QED) is 0.840. The Bertz CT molecular complexity index is 842. The third-order valence-corrected chi connectivity index (χ3v) is 7.19. The Morgan fingerprint density at radius 3 is 2.67 bits per heavy atom. The van der Waals surface area contributed by atoms with Crippen molar-refractivity contribution in [1.29, 1.82) is 0 Å². The van der Waals surface area contributed by atoms with Gasteiger partial charge in [-0.3, -0.25) is 0 Å². The van der Waals surface area contributed by atoms with E-state index in [2.05, 4.69) is 10.0 Å². The molecular weight excluding hydrogens is 378 g/mol. The zero-order valence-electron chi connectivity index (χ0n) is 12.4. The SMILES string of the molecule is O=S(=O)(NC1CNCCC1c1ccc(F)c(F)c1)c1ccc(Cl)s1. The summed E-state index contributed by atoms with van der Waals surface area (Å²) < 4.78 is 54.8. The first-order valence-electron chi connectivity index (χ1n) is 7.30. The van der Waals surface area contributed by atoms with Gasteiger partial charge in [0.2, 0.25) is 10.0 Å². The van der Waals surface area contributed by atoms with Crippen molar-refractivity contribution in [3.8, 4) is 0 Å². The second kappa shape index (κ2) is 7.05. The lowest BCUT2D eigenvalue weighted by atomic mass is 9.86. The molecule has 3 rings (SSSR count). The molecule has 1 aromatic heterocycles. The van der Waals surface area contributed by atoms with Crippen LogP contribution < -0.4 is 10.0 Å². The van der Waals surface area contributed by atoms with Crippen molar-refractivity contribution in [2.24, 2.45) is 0 Å². The van der Waals surface area contributed by atoms with Crippen LogP contribution in [0.2, 0.25) is 4.34 Å². The van der Waals surface area contributed by atoms with E-state index in [1.165, 1.54) is 18.2 Å². The van der Waals surface area contributed by atoms with Crippen LogP contribution in [0.4, 0.5) is 8.78 Å². The van der Waals surface area contributed by atoms with Crippen molar-refractivity contribution < 1.29 is 17.2 Å². The first-order valence-corrected chi connectivity index (χ1v) is 9.98. The van der Waals surface area contributed by atoms with Gasteiger partial charge in [0.15, 0.2) is 11.6 Å². The van der Waals surface area contributed by atoms with Crippen LogP contribution in [0.5, 0.6) is 0 Å². The lowest BCUT2D eigenvalue weighted by Crippen LogP contribution is -2.49. The summed E-state index contributed by atoms with van der Waals surface area (Å²) in [5.74, 6) is -2.10. The van der Waals surface area contributed by atoms with Crippen molar-refractivity contribution in [3.63, 3.8) is 0 Å². The van der Waals surface area contributed by atoms with Crippen molar-refractivity contribution in [3.05, 3.63) is 51.9 Å². The van der Waals surface area contributed by atoms with Gasteiger partial charge in [-0.2, -0.15) is 0 Å². The molecule has 1 aliphatic rings. The number of halogens is 3. The van der Waals surface area contributed by atoms with Crippen molar-refractivity contribution >= 4 is 33.0 Å². The molecule has 0 saturated carbocycles. The van der Waals surface area contributed by atoms with Crippen LogP contribution in [-0.2, 0) is 10.0 Å². The summed E-state index contributed by atoms with van der Waals surface area (Å²) in [6.45, 7) is 1.08. The molecule has 2 unspecified atom stereocenters. The summed E-state index contributed by atoms with van der Waals surface area (Å²) in [7, 11) is -3.72. The highest BCUT2D eigenvalue weighted by atomic mass is 35.5. The Labute approximate surface area is 147 Å². The number of nitrogens with one attached hydrogen (secondary N) is 2. The normalized spacial score (nSPS) is 21.8. The minimum absolute atomic E-state index is 0.127. The predicted molar refractivity (Wildman–Crippen MR) is 90.0 cm³/mol. The summed E-state index contributed by atoms with van der Waals surface area (Å²) in [5.41, 5.74) is 0.576. The van der Waals surface area contributed by atoms with Gasteiger partial charge in [-0.25, -0.2) is 21.9 Å². The highest BCUT2D eigenvalue weighted by molar-refractivity contribution is 7.91. The maximum Gasteiger partial charge on any atom is 0.250 e. The number of benzene rings is 1. The van der Waals surface area contributed by atoms with Crippen molar-refractivity contribution in [2.75, 3.05) is 13.1 Å². The van der Waals surface area contributed by atoms with E-state index in [4.69, 9.17) is 11.6 Å². The van der Waals surface area contributed by atoms with Gasteiger partial charge in [-0.05, 0) is 42.8 Å². The topological polar surface area (TPSA) is 58.2 Å². The van der Waals surface area contributed by atoms with Gasteiger partial charge in [0.25, 0.3) is 0 Å². The lowest BCUT2D eigenvalue weighted by molar-refractivity contribution is 0.376. The monoisotopic (exact) mass is 392 g/mol. The highest BCUT2D eigenvalue weighted by Crippen LogP contribution is 2.30. The van der Waals surface area contributed by atoms with E-state index in [9.17, 15) is 17.2 Å². The summed E-state index contributed by atoms with van der Waals surface area (Å²) in [5, 5.41) is 3.12. The third kappa shape index (κ3) is 3.78. The molecule has 4 nitrogen and oxygen atoms in total. The molecule has 0 bridgehead atoms. The van der Waals surface area contributed by atoms with Crippen LogP contribution in [-0.4, -0.2) is 27.5 Å². The first-order chi connectivity index (χ1) is 11.4. The van der Waals surface area contributed by atoms with Gasteiger partial charge in [0, 0.05) is 18.5 Å². The highest BCUT2D eigenvalue weighted by Gasteiger charge is 2.31. The summed E-state index contributed by atoms with van der Waals surface area (Å²) in [6.07, 6.45) is 0.615. The van der Waals surface area contributed by atoms with Crippen LogP contribution in [0, 0.1) is 11.6 Å². The average molecular weight is 393 g/mol. The van der Waals surface area contributed by atoms with Gasteiger partial charge in [-0.1, -0.05) is 17.7 Å². The summed E-state index contributed by atoms with van der Waals surface area (Å²) in [6, 6.07) is 6.20. The fourth-order valence-corrected chi connectivity index (χ4v) is 5.60. The largest absolute Gasteiger partial charge is 0.315 e. The van der Waals surface area contributed by atoms with E-state index in [0.717, 1.165) is 23.5 Å². The third-order valence-electron chi connectivity index (χ3n) is 3.97. The Balaban J connectivity index is 1.86. The zero-order chi connectivity index (χ0) is 17.3. The van der Waals surface area contributed by atoms with E-state index in [1.54, 1.807) is 0 Å². The molecule has 2 atom stereocenters. The molecule has 1 saturated heterocycles. The smallest absolute Gasteiger partial charge is 0.250 e. The summed E-state index contributed by atoms with van der Waals surface area (Å²) in [4.78, 5) is 0. The molecule has 130 valence electrons. The van der Waals surface area contributed by atoms with Gasteiger partial charge in [0.05, 0.1) is 4.34 Å². The number of hydrogen-bond acceptors (Lipinski definition) is 4. The standard InChI is InChI=1S/C15H15ClF2N2O2S2/c16-14-3-4-15(23-14)24(21,22)20-13-8-19-6-5-10(13)9-1-2-11(17)12(18)7-9/h1-4,7,10,13,19-20H,5-6,8H2. The first kappa shape index (κ1) is 17.8. The molecule has 1 fully saturated rings. The molecule has 0 amide bonds. The van der Waals surface area contributed by atoms with Gasteiger partial charge in [0.1, 0.15) is 4.21 Å². The Kier molecular flexibility index (Phi) is 5.22. The maximum absolute atomic E-state index is 13.5. The van der Waals surface area contributed by atoms with E-state index in [1.807, 2.05) is 0 Å². The van der Waals surface area contributed by atoms with Crippen LogP contribution in [0.1, 0.15) is 17.9 Å².